The van der Waals surface area contributed by atoms with Gasteiger partial charge in [-0.2, -0.15) is 0 Å². The van der Waals surface area contributed by atoms with Crippen LogP contribution in [0.3, 0.4) is 0 Å². The Balaban J connectivity index is 1.95. The minimum atomic E-state index is -0.900. The van der Waals surface area contributed by atoms with Crippen molar-refractivity contribution in [3.8, 4) is 0 Å². The normalized spacial score (nSPS) is 11.7. The first-order valence-electron chi connectivity index (χ1n) is 8.00. The molecular weight excluding hydrogens is 314 g/mol. The van der Waals surface area contributed by atoms with E-state index in [1.165, 1.54) is 0 Å². The van der Waals surface area contributed by atoms with Crippen LogP contribution in [0, 0.1) is 0 Å². The van der Waals surface area contributed by atoms with Gasteiger partial charge in [0.25, 0.3) is 0 Å². The Morgan fingerprint density at radius 2 is 1.56 bits per heavy atom. The highest BCUT2D eigenvalue weighted by molar-refractivity contribution is 6.08. The fraction of sp³-hybridized carbons (Fsp3) is 0.0500. The summed E-state index contributed by atoms with van der Waals surface area (Å²) in [6.07, 6.45) is 0. The lowest BCUT2D eigenvalue weighted by Gasteiger charge is -2.04. The molecule has 5 aromatic rings. The summed E-state index contributed by atoms with van der Waals surface area (Å²) in [6, 6.07) is 19.8. The molecule has 0 saturated carbocycles. The predicted octanol–water partition coefficient (Wildman–Crippen LogP) is 3.98. The number of aromatic nitrogens is 3. The first-order valence-corrected chi connectivity index (χ1v) is 8.00. The molecule has 25 heavy (non-hydrogen) atoms. The lowest BCUT2D eigenvalue weighted by atomic mass is 10.1. The van der Waals surface area contributed by atoms with Crippen LogP contribution in [0.5, 0.6) is 0 Å². The lowest BCUT2D eigenvalue weighted by molar-refractivity contribution is -0.137. The van der Waals surface area contributed by atoms with Gasteiger partial charge in [0.2, 0.25) is 0 Å². The molecule has 3 aromatic carbocycles. The van der Waals surface area contributed by atoms with E-state index < -0.39 is 5.97 Å². The largest absolute Gasteiger partial charge is 0.480 e. The first-order chi connectivity index (χ1) is 12.2. The molecule has 0 radical (unpaired) electrons. The quantitative estimate of drug-likeness (QED) is 0.498. The Morgan fingerprint density at radius 1 is 0.920 bits per heavy atom. The van der Waals surface area contributed by atoms with Crippen molar-refractivity contribution in [3.63, 3.8) is 0 Å². The molecule has 0 aliphatic carbocycles. The van der Waals surface area contributed by atoms with Crippen LogP contribution in [0.15, 0.2) is 60.7 Å². The van der Waals surface area contributed by atoms with Gasteiger partial charge in [-0.25, -0.2) is 9.97 Å². The maximum atomic E-state index is 11.3. The topological polar surface area (TPSA) is 68.0 Å². The van der Waals surface area contributed by atoms with Crippen molar-refractivity contribution in [2.75, 3.05) is 0 Å². The third-order valence-corrected chi connectivity index (χ3v) is 4.51. The summed E-state index contributed by atoms with van der Waals surface area (Å²) in [6.45, 7) is -0.141. The molecule has 0 aliphatic heterocycles. The molecule has 5 nitrogen and oxygen atoms in total. The smallest absolute Gasteiger partial charge is 0.323 e. The van der Waals surface area contributed by atoms with Gasteiger partial charge in [-0.15, -0.1) is 0 Å². The van der Waals surface area contributed by atoms with Crippen molar-refractivity contribution in [1.29, 1.82) is 0 Å². The minimum Gasteiger partial charge on any atom is -0.480 e. The summed E-state index contributed by atoms with van der Waals surface area (Å²) in [5, 5.41) is 12.4. The molecule has 2 aromatic heterocycles. The molecule has 5 rings (SSSR count). The zero-order valence-electron chi connectivity index (χ0n) is 13.2. The molecule has 0 bridgehead atoms. The van der Waals surface area contributed by atoms with Gasteiger partial charge in [-0.05, 0) is 29.0 Å². The van der Waals surface area contributed by atoms with Crippen molar-refractivity contribution in [1.82, 2.24) is 14.5 Å². The summed E-state index contributed by atoms with van der Waals surface area (Å²) in [4.78, 5) is 20.9. The van der Waals surface area contributed by atoms with E-state index in [1.54, 1.807) is 4.57 Å². The third kappa shape index (κ3) is 2.06. The van der Waals surface area contributed by atoms with Crippen molar-refractivity contribution >= 4 is 49.8 Å². The highest BCUT2D eigenvalue weighted by atomic mass is 16.4. The number of carboxylic acids is 1. The first kappa shape index (κ1) is 13.9. The van der Waals surface area contributed by atoms with Crippen LogP contribution in [0.4, 0.5) is 0 Å². The zero-order chi connectivity index (χ0) is 17.0. The van der Waals surface area contributed by atoms with E-state index >= 15 is 0 Å². The average molecular weight is 327 g/mol. The van der Waals surface area contributed by atoms with Crippen molar-refractivity contribution < 1.29 is 9.90 Å². The van der Waals surface area contributed by atoms with Crippen LogP contribution < -0.4 is 0 Å². The highest BCUT2D eigenvalue weighted by Gasteiger charge is 2.16. The Hall–Kier alpha value is -3.47. The van der Waals surface area contributed by atoms with E-state index in [0.717, 1.165) is 38.2 Å². The van der Waals surface area contributed by atoms with Crippen LogP contribution >= 0.6 is 0 Å². The summed E-state index contributed by atoms with van der Waals surface area (Å²) < 4.78 is 1.72. The number of hydrogen-bond donors (Lipinski definition) is 1. The number of carbonyl (C=O) groups is 1. The Morgan fingerprint density at radius 3 is 2.28 bits per heavy atom. The van der Waals surface area contributed by atoms with Gasteiger partial charge in [0.05, 0.1) is 16.6 Å². The fourth-order valence-electron chi connectivity index (χ4n) is 3.42. The average Bonchev–Trinajstić information content (AvgIpc) is 2.91. The van der Waals surface area contributed by atoms with Crippen LogP contribution in [-0.2, 0) is 11.3 Å². The Labute approximate surface area is 142 Å². The molecule has 0 saturated heterocycles. The summed E-state index contributed by atoms with van der Waals surface area (Å²) in [5.41, 5.74) is 3.75. The van der Waals surface area contributed by atoms with Gasteiger partial charge in [0, 0.05) is 5.39 Å². The second-order valence-corrected chi connectivity index (χ2v) is 6.08. The molecular formula is C20H13N3O2. The van der Waals surface area contributed by atoms with E-state index in [2.05, 4.69) is 0 Å². The molecule has 0 aliphatic rings. The van der Waals surface area contributed by atoms with Gasteiger partial charge in [0.15, 0.2) is 5.65 Å². The molecule has 120 valence electrons. The van der Waals surface area contributed by atoms with Gasteiger partial charge in [-0.3, -0.25) is 4.79 Å². The van der Waals surface area contributed by atoms with Crippen LogP contribution in [-0.4, -0.2) is 25.6 Å². The lowest BCUT2D eigenvalue weighted by Crippen LogP contribution is -2.09. The predicted molar refractivity (Wildman–Crippen MR) is 97.7 cm³/mol. The van der Waals surface area contributed by atoms with Crippen LogP contribution in [0.25, 0.3) is 43.9 Å². The number of nitrogens with zero attached hydrogens (tertiary/aromatic N) is 3. The number of rotatable bonds is 2. The number of para-hydroxylation sites is 1. The number of benzene rings is 3. The Bertz CT molecular complexity index is 1300. The van der Waals surface area contributed by atoms with E-state index in [0.29, 0.717) is 5.65 Å². The zero-order valence-corrected chi connectivity index (χ0v) is 13.2. The number of aliphatic carboxylic acids is 1. The second kappa shape index (κ2) is 5.01. The number of carboxylic acid groups (broad SMARTS) is 1. The fourth-order valence-corrected chi connectivity index (χ4v) is 3.42. The van der Waals surface area contributed by atoms with Gasteiger partial charge in [0.1, 0.15) is 12.1 Å². The molecule has 0 amide bonds. The summed E-state index contributed by atoms with van der Waals surface area (Å²) >= 11 is 0. The highest BCUT2D eigenvalue weighted by Crippen LogP contribution is 2.29. The number of hydrogen-bond acceptors (Lipinski definition) is 3. The maximum absolute atomic E-state index is 11.3. The van der Waals surface area contributed by atoms with Crippen LogP contribution in [0.2, 0.25) is 0 Å². The standard InChI is InChI=1S/C20H13N3O2/c24-18(25)11-23-17-8-4-3-7-14(17)19-20(23)22-16-10-13-6-2-1-5-12(13)9-15(16)21-19/h1-10H,11H2,(H,24,25). The van der Waals surface area contributed by atoms with Crippen molar-refractivity contribution in [3.05, 3.63) is 60.7 Å². The maximum Gasteiger partial charge on any atom is 0.323 e. The molecule has 0 unspecified atom stereocenters. The molecule has 5 heteroatoms. The molecule has 0 spiro atoms. The molecule has 2 heterocycles. The SMILES string of the molecule is O=C(O)Cn1c2ccccc2c2nc3cc4ccccc4cc3nc21. The monoisotopic (exact) mass is 327 g/mol. The summed E-state index contributed by atoms with van der Waals surface area (Å²) in [7, 11) is 0. The Kier molecular flexibility index (Phi) is 2.79. The number of fused-ring (bicyclic) bond motifs is 5. The van der Waals surface area contributed by atoms with Crippen molar-refractivity contribution in [2.24, 2.45) is 0 Å². The van der Waals surface area contributed by atoms with Gasteiger partial charge in [-0.1, -0.05) is 42.5 Å². The molecule has 0 atom stereocenters. The molecule has 1 N–H and O–H groups in total. The van der Waals surface area contributed by atoms with E-state index in [-0.39, 0.29) is 6.54 Å². The third-order valence-electron chi connectivity index (χ3n) is 4.51. The van der Waals surface area contributed by atoms with E-state index in [4.69, 9.17) is 9.97 Å². The second-order valence-electron chi connectivity index (χ2n) is 6.08. The van der Waals surface area contributed by atoms with Gasteiger partial charge >= 0.3 is 5.97 Å². The van der Waals surface area contributed by atoms with Gasteiger partial charge < -0.3 is 9.67 Å². The molecule has 0 fully saturated rings. The minimum absolute atomic E-state index is 0.141. The van der Waals surface area contributed by atoms with E-state index in [1.807, 2.05) is 60.7 Å². The summed E-state index contributed by atoms with van der Waals surface area (Å²) in [5.74, 6) is -0.900. The van der Waals surface area contributed by atoms with Crippen molar-refractivity contribution in [2.45, 2.75) is 6.54 Å². The van der Waals surface area contributed by atoms with Crippen LogP contribution in [0.1, 0.15) is 0 Å². The van der Waals surface area contributed by atoms with E-state index in [9.17, 15) is 9.90 Å².